The first-order chi connectivity index (χ1) is 55.2. The van der Waals surface area contributed by atoms with Gasteiger partial charge < -0.3 is 101 Å². The van der Waals surface area contributed by atoms with Gasteiger partial charge in [-0.05, 0) is 74.7 Å². The third-order valence-electron chi connectivity index (χ3n) is 20.1. The smallest absolute Gasteiger partial charge is 0.321 e. The molecule has 11 unspecified atom stereocenters. The highest BCUT2D eigenvalue weighted by atomic mass is 35.5. The van der Waals surface area contributed by atoms with E-state index in [2.05, 4.69) is 25.4 Å². The molecule has 8 saturated heterocycles. The van der Waals surface area contributed by atoms with Crippen molar-refractivity contribution in [3.8, 4) is 0 Å². The van der Waals surface area contributed by atoms with Gasteiger partial charge in [-0.15, -0.1) is 11.6 Å². The van der Waals surface area contributed by atoms with Gasteiger partial charge in [0.2, 0.25) is 0 Å². The normalized spacial score (nSPS) is 33.3. The van der Waals surface area contributed by atoms with Crippen molar-refractivity contribution in [3.05, 3.63) is 164 Å². The molecule has 34 nitrogen and oxygen atoms in total. The number of nitrogens with zero attached hydrogens (tertiary/aromatic N) is 6. The third-order valence-corrected chi connectivity index (χ3v) is 20.3. The molecule has 0 aromatic heterocycles. The van der Waals surface area contributed by atoms with E-state index in [1.54, 1.807) is 33.1 Å². The van der Waals surface area contributed by atoms with Crippen LogP contribution in [0.1, 0.15) is 116 Å². The van der Waals surface area contributed by atoms with E-state index >= 15 is 0 Å². The number of fused-ring (bicyclic) bond motifs is 5. The van der Waals surface area contributed by atoms with Crippen LogP contribution in [-0.2, 0) is 129 Å². The van der Waals surface area contributed by atoms with Crippen molar-refractivity contribution in [3.63, 3.8) is 0 Å². The molecule has 4 aromatic rings. The first-order valence-electron chi connectivity index (χ1n) is 38.2. The number of carbonyl (C=O) groups excluding carboxylic acids is 6. The van der Waals surface area contributed by atoms with E-state index in [1.807, 2.05) is 151 Å². The van der Waals surface area contributed by atoms with Crippen molar-refractivity contribution >= 4 is 48.1 Å². The average Bonchev–Trinajstić information content (AvgIpc) is 1.62. The van der Waals surface area contributed by atoms with Gasteiger partial charge in [-0.1, -0.05) is 159 Å². The van der Waals surface area contributed by atoms with E-state index in [0.29, 0.717) is 25.2 Å². The molecular weight excluding hydrogens is 1530 g/mol. The van der Waals surface area contributed by atoms with Crippen LogP contribution in [0.5, 0.6) is 0 Å². The standard InChI is InChI=1S/C21H23N3O3.C17H21ClO7.C17H25NO4.C17H28O8.C8H11N3O5/c22-24-23-19-17-11-12-18(27-17)20(25-13-15-7-3-1-4-8-15)21(19)26-14-16-9-5-2-6-10-16;1-11-15(25-14(20)7-18)13(9-22-10-19)24-17(21)16(11)23-8-12-5-3-2-4-6-12;1-4-14-16(20)11(2)15(17(21-3)22-14)18-10-13(19)12-8-6-5-7-9-12;1-10(19)7-21-13-11(2)14-15(22-12(13)8-20-9-18)24-17(6,23-14)25-16(3,4)5;1-3(12)15-7-5(10-11-9)8-14-2-4(16-8)6(7)13/h1-10,17-21H,11-14H2;2-6,10-11,13,15-17,21H,7-9H2,1H3;5-9,11,14-18,20H,4,10H2,1-3H3;9,11-15H,7-8H2,1-6H3;4-8,13H,2H2,1H3/t17?,18-,19-,20-,21?;11-,13?,15-,16?,17+;11-,14?,15?,16+,17-;11?,12-,13-,14-,15?,17?;4-,5+,6-,7?,8?/m10101/s1. The lowest BCUT2D eigenvalue weighted by atomic mass is 9.87. The molecule has 4 bridgehead atoms. The van der Waals surface area contributed by atoms with Gasteiger partial charge in [-0.25, -0.2) is 0 Å². The summed E-state index contributed by atoms with van der Waals surface area (Å²) in [4.78, 5) is 72.6. The van der Waals surface area contributed by atoms with E-state index in [1.165, 1.54) is 13.8 Å². The summed E-state index contributed by atoms with van der Waals surface area (Å²) in [6.45, 7) is 19.6. The quantitative estimate of drug-likeness (QED) is 0.00556. The maximum Gasteiger partial charge on any atom is 0.321 e. The first kappa shape index (κ1) is 92.8. The van der Waals surface area contributed by atoms with E-state index in [0.717, 1.165) is 36.0 Å². The number of aliphatic hydroxyl groups is 3. The molecule has 4 N–H and O–H groups in total. The molecule has 0 spiro atoms. The lowest BCUT2D eigenvalue weighted by Crippen LogP contribution is -2.59. The van der Waals surface area contributed by atoms with Crippen molar-refractivity contribution in [2.75, 3.05) is 46.0 Å². The Kier molecular flexibility index (Phi) is 37.0. The zero-order chi connectivity index (χ0) is 83.4. The average molecular weight is 1640 g/mol. The second kappa shape index (κ2) is 45.9. The molecule has 8 aliphatic rings. The molecule has 0 aliphatic carbocycles. The number of ketones is 2. The van der Waals surface area contributed by atoms with Crippen LogP contribution >= 0.6 is 11.6 Å². The van der Waals surface area contributed by atoms with Crippen LogP contribution in [-0.4, -0.2) is 244 Å². The summed E-state index contributed by atoms with van der Waals surface area (Å²) < 4.78 is 100. The van der Waals surface area contributed by atoms with Gasteiger partial charge in [0.05, 0.1) is 87.3 Å². The molecule has 0 radical (unpaired) electrons. The summed E-state index contributed by atoms with van der Waals surface area (Å²) in [5, 5.41) is 41.0. The molecule has 12 rings (SSSR count). The van der Waals surface area contributed by atoms with Crippen LogP contribution < -0.4 is 5.32 Å². The molecule has 26 atom stereocenters. The number of carbonyl (C=O) groups is 6. The summed E-state index contributed by atoms with van der Waals surface area (Å²) in [6, 6.07) is 37.2. The predicted molar refractivity (Wildman–Crippen MR) is 407 cm³/mol. The number of hydrogen-bond acceptors (Lipinski definition) is 30. The molecule has 35 heteroatoms. The van der Waals surface area contributed by atoms with Crippen LogP contribution in [0.3, 0.4) is 0 Å². The fourth-order valence-electron chi connectivity index (χ4n) is 14.6. The topological polar surface area (TPSA) is 439 Å². The second-order valence-electron chi connectivity index (χ2n) is 29.7. The van der Waals surface area contributed by atoms with Crippen LogP contribution in [0.2, 0.25) is 0 Å². The number of methoxy groups -OCH3 is 1. The number of Topliss-reactive ketones (excluding diaryl/α,β-unsaturated/α-hetero) is 2. The molecule has 0 amide bonds. The number of aliphatic hydroxyl groups excluding tert-OH is 3. The van der Waals surface area contributed by atoms with Crippen LogP contribution in [0.15, 0.2) is 132 Å². The zero-order valence-electron chi connectivity index (χ0n) is 66.3. The summed E-state index contributed by atoms with van der Waals surface area (Å²) in [6.07, 6.45) is -8.45. The minimum absolute atomic E-state index is 0.000165. The Morgan fingerprint density at radius 1 is 0.617 bits per heavy atom. The fourth-order valence-corrected chi connectivity index (χ4v) is 14.7. The molecule has 0 saturated carbocycles. The number of azide groups is 2. The highest BCUT2D eigenvalue weighted by Gasteiger charge is 2.58. The van der Waals surface area contributed by atoms with Gasteiger partial charge in [0, 0.05) is 54.1 Å². The van der Waals surface area contributed by atoms with Gasteiger partial charge in [-0.3, -0.25) is 33.5 Å². The van der Waals surface area contributed by atoms with Gasteiger partial charge in [-0.2, -0.15) is 0 Å². The van der Waals surface area contributed by atoms with E-state index in [-0.39, 0.29) is 118 Å². The first-order valence-corrected chi connectivity index (χ1v) is 38.7. The van der Waals surface area contributed by atoms with Gasteiger partial charge >= 0.3 is 11.9 Å². The zero-order valence-corrected chi connectivity index (χ0v) is 67.1. The summed E-state index contributed by atoms with van der Waals surface area (Å²) in [7, 11) is 1.58. The molecule has 8 aliphatic heterocycles. The van der Waals surface area contributed by atoms with Gasteiger partial charge in [0.15, 0.2) is 36.7 Å². The molecule has 115 heavy (non-hydrogen) atoms. The van der Waals surface area contributed by atoms with Crippen LogP contribution in [0.4, 0.5) is 0 Å². The molecule has 632 valence electrons. The summed E-state index contributed by atoms with van der Waals surface area (Å²) >= 11 is 5.49. The van der Waals surface area contributed by atoms with Crippen molar-refractivity contribution in [2.45, 2.75) is 255 Å². The van der Waals surface area contributed by atoms with Crippen molar-refractivity contribution < 1.29 is 129 Å². The van der Waals surface area contributed by atoms with Crippen molar-refractivity contribution in [1.82, 2.24) is 5.32 Å². The minimum Gasteiger partial charge on any atom is -0.465 e. The number of hydrogen-bond donors (Lipinski definition) is 4. The lowest BCUT2D eigenvalue weighted by Gasteiger charge is -2.43. The second-order valence-corrected chi connectivity index (χ2v) is 29.9. The number of halogens is 1. The number of nitrogens with one attached hydrogen (secondary N) is 1. The largest absolute Gasteiger partial charge is 0.465 e. The molecular formula is C80H108ClN7O27. The van der Waals surface area contributed by atoms with Gasteiger partial charge in [0.1, 0.15) is 86.7 Å². The van der Waals surface area contributed by atoms with E-state index in [9.17, 15) is 44.1 Å². The number of rotatable bonds is 30. The Morgan fingerprint density at radius 3 is 1.70 bits per heavy atom. The SMILES string of the molecule is CC(=O)CO[C@H]1C(C)[C@@H]2OC(C)(OC(C)(C)C)OC2O[C@H]1COC=O.CC(=O)OC1[C@H](N=[N+]=[N-])C2OC[C@@H](O2)[C@H]1O.CCC1O[C@@H](OC)C(NCC(=O)c2ccccc2)[C@@H](C)[C@@H]1O.C[C@@H]1C(OCc2ccccc2)[C@H](O)OC(COC=O)[C@H]1OC(=O)CCl.[N-]=[N+]=N[C@@H]1C2CC[C@@H](O2)[C@@H](OCc2ccccc2)C1OCc1ccccc1. The number of benzene rings is 4. The predicted octanol–water partition coefficient (Wildman–Crippen LogP) is 8.36. The molecule has 8 heterocycles. The maximum atomic E-state index is 12.2. The summed E-state index contributed by atoms with van der Waals surface area (Å²) in [5.41, 5.74) is 20.8. The maximum absolute atomic E-state index is 12.2. The van der Waals surface area contributed by atoms with E-state index in [4.69, 9.17) is 108 Å². The van der Waals surface area contributed by atoms with Gasteiger partial charge in [0.25, 0.3) is 18.9 Å². The monoisotopic (exact) mass is 1630 g/mol. The van der Waals surface area contributed by atoms with Crippen LogP contribution in [0, 0.1) is 17.8 Å². The van der Waals surface area contributed by atoms with E-state index < -0.39 is 122 Å². The fraction of sp³-hybridized carbons (Fsp3) is 0.625. The molecule has 4 aromatic carbocycles. The summed E-state index contributed by atoms with van der Waals surface area (Å²) in [5.74, 6) is -3.48. The molecule has 8 fully saturated rings. The highest BCUT2D eigenvalue weighted by molar-refractivity contribution is 6.26. The Balaban J connectivity index is 0.000000181. The Morgan fingerprint density at radius 2 is 1.17 bits per heavy atom. The minimum atomic E-state index is -1.26. The Bertz CT molecular complexity index is 3740. The van der Waals surface area contributed by atoms with Crippen molar-refractivity contribution in [1.29, 1.82) is 0 Å². The van der Waals surface area contributed by atoms with Crippen LogP contribution in [0.25, 0.3) is 20.9 Å². The number of alkyl halides is 1. The lowest BCUT2D eigenvalue weighted by molar-refractivity contribution is -0.371. The highest BCUT2D eigenvalue weighted by Crippen LogP contribution is 2.44. The third kappa shape index (κ3) is 26.9. The Hall–Kier alpha value is -7.71. The number of esters is 2. The Labute approximate surface area is 673 Å². The number of ether oxygens (including phenoxy) is 18. The van der Waals surface area contributed by atoms with Crippen molar-refractivity contribution in [2.24, 2.45) is 28.0 Å².